The summed E-state index contributed by atoms with van der Waals surface area (Å²) in [6, 6.07) is 0. The van der Waals surface area contributed by atoms with E-state index in [0.717, 1.165) is 36.5 Å². The Balaban J connectivity index is 3.61. The molecule has 3 atom stereocenters. The van der Waals surface area contributed by atoms with Crippen LogP contribution in [-0.2, 0) is 9.53 Å². The second-order valence-corrected chi connectivity index (χ2v) is 9.21. The van der Waals surface area contributed by atoms with Crippen LogP contribution >= 0.6 is 0 Å². The first kappa shape index (κ1) is 25.2. The number of rotatable bonds is 16. The maximum Gasteiger partial charge on any atom is 0.333 e. The van der Waals surface area contributed by atoms with Crippen molar-refractivity contribution >= 4 is 5.97 Å². The molecule has 0 N–H and O–H groups in total. The van der Waals surface area contributed by atoms with Crippen LogP contribution in [0, 0.1) is 23.7 Å². The summed E-state index contributed by atoms with van der Waals surface area (Å²) >= 11 is 0. The summed E-state index contributed by atoms with van der Waals surface area (Å²) in [5, 5.41) is 0. The zero-order valence-electron chi connectivity index (χ0n) is 18.6. The molecule has 0 rings (SSSR count). The van der Waals surface area contributed by atoms with Crippen LogP contribution in [0.15, 0.2) is 12.2 Å². The molecule has 0 fully saturated rings. The summed E-state index contributed by atoms with van der Waals surface area (Å²) in [6.07, 6.45) is 13.1. The maximum absolute atomic E-state index is 11.3. The van der Waals surface area contributed by atoms with E-state index in [0.29, 0.717) is 12.2 Å². The number of carbonyl (C=O) groups is 1. The molecule has 154 valence electrons. The molecule has 0 bridgehead atoms. The van der Waals surface area contributed by atoms with E-state index in [1.807, 2.05) is 0 Å². The summed E-state index contributed by atoms with van der Waals surface area (Å²) in [5.74, 6) is 3.03. The normalized spacial score (nSPS) is 14.9. The lowest BCUT2D eigenvalue weighted by atomic mass is 9.90. The van der Waals surface area contributed by atoms with Gasteiger partial charge in [0.1, 0.15) is 0 Å². The Hall–Kier alpha value is -0.790. The third-order valence-electron chi connectivity index (χ3n) is 5.45. The van der Waals surface area contributed by atoms with E-state index < -0.39 is 0 Å². The van der Waals surface area contributed by atoms with E-state index in [2.05, 4.69) is 41.2 Å². The SMILES string of the molecule is C=C(C)C(=O)OCCCC(C)CCC(C)CCCC(C)CCCC(C)C. The molecule has 0 heterocycles. The lowest BCUT2D eigenvalue weighted by Gasteiger charge is -2.17. The molecule has 0 aliphatic heterocycles. The van der Waals surface area contributed by atoms with Crippen molar-refractivity contribution in [3.8, 4) is 0 Å². The van der Waals surface area contributed by atoms with E-state index in [4.69, 9.17) is 4.74 Å². The average molecular weight is 367 g/mol. The van der Waals surface area contributed by atoms with Crippen molar-refractivity contribution < 1.29 is 9.53 Å². The molecule has 0 aliphatic carbocycles. The molecule has 0 aromatic carbocycles. The predicted octanol–water partition coefficient (Wildman–Crippen LogP) is 7.57. The fourth-order valence-electron chi connectivity index (χ4n) is 3.41. The van der Waals surface area contributed by atoms with Gasteiger partial charge in [-0.2, -0.15) is 0 Å². The van der Waals surface area contributed by atoms with E-state index in [-0.39, 0.29) is 5.97 Å². The number of carbonyl (C=O) groups excluding carboxylic acids is 1. The van der Waals surface area contributed by atoms with E-state index in [9.17, 15) is 4.79 Å². The molecular weight excluding hydrogens is 320 g/mol. The van der Waals surface area contributed by atoms with E-state index in [1.165, 1.54) is 51.4 Å². The Morgan fingerprint density at radius 1 is 0.731 bits per heavy atom. The highest BCUT2D eigenvalue weighted by Crippen LogP contribution is 2.23. The van der Waals surface area contributed by atoms with Crippen molar-refractivity contribution in [3.63, 3.8) is 0 Å². The molecule has 0 radical (unpaired) electrons. The third kappa shape index (κ3) is 15.5. The van der Waals surface area contributed by atoms with Gasteiger partial charge in [0.2, 0.25) is 0 Å². The summed E-state index contributed by atoms with van der Waals surface area (Å²) in [6.45, 7) is 17.6. The van der Waals surface area contributed by atoms with Gasteiger partial charge in [0, 0.05) is 5.57 Å². The maximum atomic E-state index is 11.3. The highest BCUT2D eigenvalue weighted by atomic mass is 16.5. The van der Waals surface area contributed by atoms with Gasteiger partial charge in [0.05, 0.1) is 6.61 Å². The minimum Gasteiger partial charge on any atom is -0.462 e. The predicted molar refractivity (Wildman–Crippen MR) is 114 cm³/mol. The van der Waals surface area contributed by atoms with Crippen LogP contribution in [0.2, 0.25) is 0 Å². The van der Waals surface area contributed by atoms with Gasteiger partial charge in [-0.3, -0.25) is 0 Å². The standard InChI is InChI=1S/C24H46O2/c1-19(2)11-8-12-21(5)13-9-14-22(6)16-17-23(7)15-10-18-26-24(25)20(3)4/h19,21-23H,3,8-18H2,1-2,4-7H3. The summed E-state index contributed by atoms with van der Waals surface area (Å²) in [5.41, 5.74) is 0.487. The zero-order chi connectivity index (χ0) is 19.9. The Bertz CT molecular complexity index is 372. The Morgan fingerprint density at radius 2 is 1.15 bits per heavy atom. The third-order valence-corrected chi connectivity index (χ3v) is 5.45. The first-order chi connectivity index (χ1) is 12.2. The average Bonchev–Trinajstić information content (AvgIpc) is 2.56. The smallest absolute Gasteiger partial charge is 0.333 e. The van der Waals surface area contributed by atoms with Gasteiger partial charge in [0.25, 0.3) is 0 Å². The minimum atomic E-state index is -0.260. The molecule has 0 aliphatic rings. The number of esters is 1. The molecule has 26 heavy (non-hydrogen) atoms. The summed E-state index contributed by atoms with van der Waals surface area (Å²) in [4.78, 5) is 11.3. The molecule has 0 spiro atoms. The Labute approximate surface area is 164 Å². The molecule has 3 unspecified atom stereocenters. The van der Waals surface area contributed by atoms with Crippen molar-refractivity contribution in [2.45, 2.75) is 106 Å². The monoisotopic (exact) mass is 366 g/mol. The van der Waals surface area contributed by atoms with Gasteiger partial charge >= 0.3 is 5.97 Å². The van der Waals surface area contributed by atoms with Crippen LogP contribution in [0.25, 0.3) is 0 Å². The lowest BCUT2D eigenvalue weighted by Crippen LogP contribution is -2.08. The molecule has 2 heteroatoms. The Morgan fingerprint density at radius 3 is 1.62 bits per heavy atom. The van der Waals surface area contributed by atoms with Crippen LogP contribution in [-0.4, -0.2) is 12.6 Å². The van der Waals surface area contributed by atoms with E-state index >= 15 is 0 Å². The Kier molecular flexibility index (Phi) is 14.8. The van der Waals surface area contributed by atoms with Crippen molar-refractivity contribution in [1.82, 2.24) is 0 Å². The first-order valence-corrected chi connectivity index (χ1v) is 11.0. The van der Waals surface area contributed by atoms with Crippen molar-refractivity contribution in [3.05, 3.63) is 12.2 Å². The topological polar surface area (TPSA) is 26.3 Å². The summed E-state index contributed by atoms with van der Waals surface area (Å²) < 4.78 is 5.16. The lowest BCUT2D eigenvalue weighted by molar-refractivity contribution is -0.139. The van der Waals surface area contributed by atoms with Crippen molar-refractivity contribution in [2.75, 3.05) is 6.61 Å². The largest absolute Gasteiger partial charge is 0.462 e. The van der Waals surface area contributed by atoms with Gasteiger partial charge in [-0.1, -0.05) is 92.6 Å². The first-order valence-electron chi connectivity index (χ1n) is 11.0. The highest BCUT2D eigenvalue weighted by Gasteiger charge is 2.09. The molecule has 2 nitrogen and oxygen atoms in total. The quantitative estimate of drug-likeness (QED) is 0.160. The van der Waals surface area contributed by atoms with Crippen LogP contribution in [0.5, 0.6) is 0 Å². The van der Waals surface area contributed by atoms with Crippen molar-refractivity contribution in [2.24, 2.45) is 23.7 Å². The van der Waals surface area contributed by atoms with Gasteiger partial charge in [0.15, 0.2) is 0 Å². The summed E-state index contributed by atoms with van der Waals surface area (Å²) in [7, 11) is 0. The number of ether oxygens (including phenoxy) is 1. The zero-order valence-corrected chi connectivity index (χ0v) is 18.6. The fourth-order valence-corrected chi connectivity index (χ4v) is 3.41. The van der Waals surface area contributed by atoms with Crippen LogP contribution < -0.4 is 0 Å². The second kappa shape index (κ2) is 15.3. The molecule has 0 saturated carbocycles. The van der Waals surface area contributed by atoms with Gasteiger partial charge < -0.3 is 4.74 Å². The second-order valence-electron chi connectivity index (χ2n) is 9.21. The van der Waals surface area contributed by atoms with Gasteiger partial charge in [-0.05, 0) is 43.4 Å². The van der Waals surface area contributed by atoms with Crippen LogP contribution in [0.1, 0.15) is 106 Å². The van der Waals surface area contributed by atoms with Crippen LogP contribution in [0.4, 0.5) is 0 Å². The molecule has 0 aromatic rings. The fraction of sp³-hybridized carbons (Fsp3) is 0.875. The highest BCUT2D eigenvalue weighted by molar-refractivity contribution is 5.86. The molecule has 0 saturated heterocycles. The number of hydrogen-bond donors (Lipinski definition) is 0. The van der Waals surface area contributed by atoms with Crippen molar-refractivity contribution in [1.29, 1.82) is 0 Å². The molecule has 0 amide bonds. The molecular formula is C24H46O2. The molecule has 0 aromatic heterocycles. The van der Waals surface area contributed by atoms with Gasteiger partial charge in [-0.15, -0.1) is 0 Å². The van der Waals surface area contributed by atoms with E-state index in [1.54, 1.807) is 6.92 Å². The number of hydrogen-bond acceptors (Lipinski definition) is 2. The van der Waals surface area contributed by atoms with Gasteiger partial charge in [-0.25, -0.2) is 4.79 Å². The minimum absolute atomic E-state index is 0.260. The van der Waals surface area contributed by atoms with Crippen LogP contribution in [0.3, 0.4) is 0 Å².